The smallest absolute Gasteiger partial charge is 0.191 e. The van der Waals surface area contributed by atoms with E-state index < -0.39 is 0 Å². The summed E-state index contributed by atoms with van der Waals surface area (Å²) in [6, 6.07) is 5.20. The Bertz CT molecular complexity index is 649. The van der Waals surface area contributed by atoms with Crippen molar-refractivity contribution in [3.63, 3.8) is 0 Å². The van der Waals surface area contributed by atoms with Crippen LogP contribution in [0.3, 0.4) is 0 Å². The topological polar surface area (TPSA) is 67.1 Å². The minimum absolute atomic E-state index is 0.196. The maximum Gasteiger partial charge on any atom is 0.191 e. The molecule has 0 saturated heterocycles. The van der Waals surface area contributed by atoms with E-state index in [0.29, 0.717) is 24.6 Å². The van der Waals surface area contributed by atoms with Gasteiger partial charge in [-0.1, -0.05) is 12.1 Å². The van der Waals surface area contributed by atoms with Crippen LogP contribution in [0, 0.1) is 12.7 Å². The van der Waals surface area contributed by atoms with Crippen LogP contribution in [0.5, 0.6) is 0 Å². The van der Waals surface area contributed by atoms with Gasteiger partial charge in [-0.15, -0.1) is 10.2 Å². The van der Waals surface area contributed by atoms with Gasteiger partial charge in [0.1, 0.15) is 12.1 Å². The molecule has 7 heteroatoms. The largest absolute Gasteiger partial charge is 0.352 e. The average Bonchev–Trinajstić information content (AvgIpc) is 2.98. The summed E-state index contributed by atoms with van der Waals surface area (Å²) < 4.78 is 15.5. The van der Waals surface area contributed by atoms with Crippen LogP contribution < -0.4 is 10.6 Å². The SMILES string of the molecule is CCn1cnnc1CNC(=NC)NCc1ccc(C)c(F)c1. The van der Waals surface area contributed by atoms with E-state index in [4.69, 9.17) is 0 Å². The molecule has 0 saturated carbocycles. The number of benzene rings is 1. The van der Waals surface area contributed by atoms with Crippen LogP contribution in [-0.4, -0.2) is 27.8 Å². The number of aryl methyl sites for hydroxylation is 2. The van der Waals surface area contributed by atoms with Crippen molar-refractivity contribution in [2.75, 3.05) is 7.05 Å². The molecule has 0 radical (unpaired) electrons. The molecule has 0 unspecified atom stereocenters. The number of halogens is 1. The summed E-state index contributed by atoms with van der Waals surface area (Å²) in [5.41, 5.74) is 1.51. The van der Waals surface area contributed by atoms with Gasteiger partial charge in [-0.25, -0.2) is 4.39 Å². The van der Waals surface area contributed by atoms with Crippen LogP contribution in [0.2, 0.25) is 0 Å². The highest BCUT2D eigenvalue weighted by Gasteiger charge is 2.05. The van der Waals surface area contributed by atoms with E-state index in [-0.39, 0.29) is 5.82 Å². The van der Waals surface area contributed by atoms with Crippen LogP contribution in [0.15, 0.2) is 29.5 Å². The van der Waals surface area contributed by atoms with Gasteiger partial charge in [0.2, 0.25) is 0 Å². The van der Waals surface area contributed by atoms with Crippen molar-refractivity contribution >= 4 is 5.96 Å². The molecule has 0 atom stereocenters. The van der Waals surface area contributed by atoms with Gasteiger partial charge in [0.25, 0.3) is 0 Å². The molecule has 2 aromatic rings. The molecule has 1 heterocycles. The standard InChI is InChI=1S/C15H21FN6/c1-4-22-10-20-21-14(22)9-19-15(17-3)18-8-12-6-5-11(2)13(16)7-12/h5-7,10H,4,8-9H2,1-3H3,(H2,17,18,19). The minimum Gasteiger partial charge on any atom is -0.352 e. The van der Waals surface area contributed by atoms with Crippen LogP contribution in [0.25, 0.3) is 0 Å². The Balaban J connectivity index is 1.88. The molecule has 1 aromatic heterocycles. The molecule has 0 bridgehead atoms. The summed E-state index contributed by atoms with van der Waals surface area (Å²) in [6.45, 7) is 5.62. The lowest BCUT2D eigenvalue weighted by Gasteiger charge is -2.12. The molecule has 0 fully saturated rings. The highest BCUT2D eigenvalue weighted by Crippen LogP contribution is 2.08. The summed E-state index contributed by atoms with van der Waals surface area (Å²) in [6.07, 6.45) is 1.70. The number of aromatic nitrogens is 3. The number of hydrogen-bond acceptors (Lipinski definition) is 3. The Labute approximate surface area is 129 Å². The Morgan fingerprint density at radius 2 is 2.09 bits per heavy atom. The molecule has 0 aliphatic heterocycles. The number of aliphatic imine (C=N–C) groups is 1. The molecule has 118 valence electrons. The van der Waals surface area contributed by atoms with Crippen molar-refractivity contribution in [2.45, 2.75) is 33.5 Å². The molecule has 2 N–H and O–H groups in total. The predicted octanol–water partition coefficient (Wildman–Crippen LogP) is 1.61. The molecule has 0 spiro atoms. The Hall–Kier alpha value is -2.44. The van der Waals surface area contributed by atoms with E-state index in [9.17, 15) is 4.39 Å². The molecule has 0 aliphatic rings. The van der Waals surface area contributed by atoms with Gasteiger partial charge in [0.15, 0.2) is 11.8 Å². The second kappa shape index (κ2) is 7.53. The third kappa shape index (κ3) is 4.03. The normalized spacial score (nSPS) is 11.5. The summed E-state index contributed by atoms with van der Waals surface area (Å²) >= 11 is 0. The molecular weight excluding hydrogens is 283 g/mol. The number of hydrogen-bond donors (Lipinski definition) is 2. The van der Waals surface area contributed by atoms with Crippen LogP contribution in [0.1, 0.15) is 23.9 Å². The zero-order chi connectivity index (χ0) is 15.9. The lowest BCUT2D eigenvalue weighted by atomic mass is 10.1. The average molecular weight is 304 g/mol. The molecule has 0 amide bonds. The Morgan fingerprint density at radius 3 is 2.77 bits per heavy atom. The minimum atomic E-state index is -0.196. The fourth-order valence-corrected chi connectivity index (χ4v) is 2.00. The van der Waals surface area contributed by atoms with Gasteiger partial charge in [-0.2, -0.15) is 0 Å². The first-order valence-electron chi connectivity index (χ1n) is 7.20. The van der Waals surface area contributed by atoms with E-state index in [0.717, 1.165) is 17.9 Å². The third-order valence-corrected chi connectivity index (χ3v) is 3.37. The van der Waals surface area contributed by atoms with Crippen LogP contribution in [-0.2, 0) is 19.6 Å². The van der Waals surface area contributed by atoms with Crippen LogP contribution >= 0.6 is 0 Å². The Morgan fingerprint density at radius 1 is 1.32 bits per heavy atom. The fourth-order valence-electron chi connectivity index (χ4n) is 2.00. The Kier molecular flexibility index (Phi) is 5.46. The van der Waals surface area contributed by atoms with Gasteiger partial charge in [-0.3, -0.25) is 4.99 Å². The number of nitrogens with one attached hydrogen (secondary N) is 2. The van der Waals surface area contributed by atoms with E-state index in [2.05, 4.69) is 25.8 Å². The van der Waals surface area contributed by atoms with Crippen molar-refractivity contribution < 1.29 is 4.39 Å². The maximum atomic E-state index is 13.5. The quantitative estimate of drug-likeness (QED) is 0.650. The zero-order valence-electron chi connectivity index (χ0n) is 13.1. The van der Waals surface area contributed by atoms with Crippen molar-refractivity contribution in [1.82, 2.24) is 25.4 Å². The summed E-state index contributed by atoms with van der Waals surface area (Å²) in [7, 11) is 1.69. The lowest BCUT2D eigenvalue weighted by Crippen LogP contribution is -2.37. The lowest BCUT2D eigenvalue weighted by molar-refractivity contribution is 0.615. The van der Waals surface area contributed by atoms with Crippen molar-refractivity contribution in [1.29, 1.82) is 0 Å². The number of nitrogens with zero attached hydrogens (tertiary/aromatic N) is 4. The predicted molar refractivity (Wildman–Crippen MR) is 83.9 cm³/mol. The monoisotopic (exact) mass is 304 g/mol. The zero-order valence-corrected chi connectivity index (χ0v) is 13.1. The van der Waals surface area contributed by atoms with E-state index in [1.807, 2.05) is 17.6 Å². The van der Waals surface area contributed by atoms with Gasteiger partial charge in [0.05, 0.1) is 6.54 Å². The van der Waals surface area contributed by atoms with E-state index >= 15 is 0 Å². The molecule has 0 aliphatic carbocycles. The molecular formula is C15H21FN6. The van der Waals surface area contributed by atoms with Gasteiger partial charge >= 0.3 is 0 Å². The fraction of sp³-hybridized carbons (Fsp3) is 0.400. The first-order valence-corrected chi connectivity index (χ1v) is 7.20. The summed E-state index contributed by atoms with van der Waals surface area (Å²) in [5, 5.41) is 14.2. The van der Waals surface area contributed by atoms with Gasteiger partial charge < -0.3 is 15.2 Å². The number of rotatable bonds is 5. The second-order valence-corrected chi connectivity index (χ2v) is 4.90. The van der Waals surface area contributed by atoms with E-state index in [1.54, 1.807) is 26.4 Å². The first kappa shape index (κ1) is 15.9. The molecule has 22 heavy (non-hydrogen) atoms. The van der Waals surface area contributed by atoms with Gasteiger partial charge in [0, 0.05) is 20.1 Å². The number of guanidine groups is 1. The molecule has 1 aromatic carbocycles. The van der Waals surface area contributed by atoms with Gasteiger partial charge in [-0.05, 0) is 31.0 Å². The van der Waals surface area contributed by atoms with Crippen molar-refractivity contribution in [2.24, 2.45) is 4.99 Å². The first-order chi connectivity index (χ1) is 10.6. The van der Waals surface area contributed by atoms with E-state index in [1.165, 1.54) is 6.07 Å². The maximum absolute atomic E-state index is 13.5. The summed E-state index contributed by atoms with van der Waals surface area (Å²) in [4.78, 5) is 4.14. The molecule has 2 rings (SSSR count). The summed E-state index contributed by atoms with van der Waals surface area (Å²) in [5.74, 6) is 1.27. The second-order valence-electron chi connectivity index (χ2n) is 4.90. The van der Waals surface area contributed by atoms with Crippen molar-refractivity contribution in [3.8, 4) is 0 Å². The van der Waals surface area contributed by atoms with Crippen molar-refractivity contribution in [3.05, 3.63) is 47.3 Å². The molecule has 6 nitrogen and oxygen atoms in total. The highest BCUT2D eigenvalue weighted by molar-refractivity contribution is 5.79. The highest BCUT2D eigenvalue weighted by atomic mass is 19.1. The van der Waals surface area contributed by atoms with Crippen LogP contribution in [0.4, 0.5) is 4.39 Å². The third-order valence-electron chi connectivity index (χ3n) is 3.37.